The Bertz CT molecular complexity index is 381. The number of halogens is 2. The normalized spacial score (nSPS) is 21.7. The number of rotatable bonds is 4. The van der Waals surface area contributed by atoms with Crippen LogP contribution in [0.2, 0.25) is 0 Å². The first-order valence-electron chi connectivity index (χ1n) is 5.85. The molecule has 2 N–H and O–H groups in total. The summed E-state index contributed by atoms with van der Waals surface area (Å²) in [5.41, 5.74) is 7.08. The standard InChI is InChI=1S/C12H16Br2N2O/c13-8-6-10(14)12(16-7-8)11(15)4-3-9-2-1-5-17-9/h6-7,9,11H,1-5,15H2. The van der Waals surface area contributed by atoms with Crippen molar-refractivity contribution in [3.8, 4) is 0 Å². The summed E-state index contributed by atoms with van der Waals surface area (Å²) < 4.78 is 7.52. The van der Waals surface area contributed by atoms with Gasteiger partial charge in [-0.05, 0) is 63.6 Å². The summed E-state index contributed by atoms with van der Waals surface area (Å²) >= 11 is 6.88. The van der Waals surface area contributed by atoms with Gasteiger partial charge in [0.1, 0.15) is 0 Å². The van der Waals surface area contributed by atoms with Crippen molar-refractivity contribution in [1.29, 1.82) is 0 Å². The molecule has 1 aromatic rings. The second-order valence-corrected chi connectivity index (χ2v) is 6.11. The van der Waals surface area contributed by atoms with Crippen molar-refractivity contribution in [2.75, 3.05) is 6.61 Å². The first-order chi connectivity index (χ1) is 8.16. The van der Waals surface area contributed by atoms with Gasteiger partial charge in [0.15, 0.2) is 0 Å². The molecule has 94 valence electrons. The number of hydrogen-bond donors (Lipinski definition) is 1. The van der Waals surface area contributed by atoms with E-state index in [0.29, 0.717) is 6.10 Å². The predicted octanol–water partition coefficient (Wildman–Crippen LogP) is 3.57. The molecule has 0 spiro atoms. The average Bonchev–Trinajstić information content (AvgIpc) is 2.78. The van der Waals surface area contributed by atoms with E-state index in [9.17, 15) is 0 Å². The molecule has 5 heteroatoms. The number of hydrogen-bond acceptors (Lipinski definition) is 3. The summed E-state index contributed by atoms with van der Waals surface area (Å²) in [6.07, 6.45) is 6.46. The quantitative estimate of drug-likeness (QED) is 0.889. The lowest BCUT2D eigenvalue weighted by atomic mass is 10.0. The Morgan fingerprint density at radius 3 is 3.00 bits per heavy atom. The Kier molecular flexibility index (Phi) is 4.97. The molecular weight excluding hydrogens is 348 g/mol. The van der Waals surface area contributed by atoms with Crippen molar-refractivity contribution in [2.24, 2.45) is 5.73 Å². The fourth-order valence-corrected chi connectivity index (χ4v) is 3.35. The first kappa shape index (κ1) is 13.5. The molecular formula is C12H16Br2N2O. The second kappa shape index (κ2) is 6.27. The van der Waals surface area contributed by atoms with E-state index in [1.807, 2.05) is 6.07 Å². The van der Waals surface area contributed by atoms with Crippen LogP contribution in [0.25, 0.3) is 0 Å². The largest absolute Gasteiger partial charge is 0.378 e. The summed E-state index contributed by atoms with van der Waals surface area (Å²) in [7, 11) is 0. The van der Waals surface area contributed by atoms with E-state index in [1.54, 1.807) is 6.20 Å². The van der Waals surface area contributed by atoms with Crippen LogP contribution in [-0.4, -0.2) is 17.7 Å². The average molecular weight is 364 g/mol. The van der Waals surface area contributed by atoms with Crippen LogP contribution in [-0.2, 0) is 4.74 Å². The number of nitrogens with zero attached hydrogens (tertiary/aromatic N) is 1. The van der Waals surface area contributed by atoms with Crippen molar-refractivity contribution >= 4 is 31.9 Å². The van der Waals surface area contributed by atoms with Crippen LogP contribution < -0.4 is 5.73 Å². The third-order valence-corrected chi connectivity index (χ3v) is 4.08. The highest BCUT2D eigenvalue weighted by molar-refractivity contribution is 9.11. The molecule has 17 heavy (non-hydrogen) atoms. The lowest BCUT2D eigenvalue weighted by Crippen LogP contribution is -2.16. The third kappa shape index (κ3) is 3.74. The van der Waals surface area contributed by atoms with Crippen LogP contribution >= 0.6 is 31.9 Å². The van der Waals surface area contributed by atoms with E-state index in [1.165, 1.54) is 12.8 Å². The lowest BCUT2D eigenvalue weighted by Gasteiger charge is -2.15. The maximum absolute atomic E-state index is 6.16. The summed E-state index contributed by atoms with van der Waals surface area (Å²) in [5.74, 6) is 0. The molecule has 0 bridgehead atoms. The Hall–Kier alpha value is 0.0300. The molecule has 0 aliphatic carbocycles. The topological polar surface area (TPSA) is 48.1 Å². The van der Waals surface area contributed by atoms with E-state index in [0.717, 1.165) is 34.1 Å². The van der Waals surface area contributed by atoms with Gasteiger partial charge >= 0.3 is 0 Å². The van der Waals surface area contributed by atoms with Crippen LogP contribution in [0.3, 0.4) is 0 Å². The molecule has 0 saturated carbocycles. The Balaban J connectivity index is 1.91. The van der Waals surface area contributed by atoms with E-state index >= 15 is 0 Å². The summed E-state index contributed by atoms with van der Waals surface area (Å²) in [5, 5.41) is 0. The number of pyridine rings is 1. The van der Waals surface area contributed by atoms with Crippen LogP contribution in [0.15, 0.2) is 21.2 Å². The van der Waals surface area contributed by atoms with Crippen LogP contribution in [0.4, 0.5) is 0 Å². The third-order valence-electron chi connectivity index (χ3n) is 3.01. The second-order valence-electron chi connectivity index (χ2n) is 4.34. The molecule has 2 atom stereocenters. The Labute approximate surface area is 118 Å². The highest BCUT2D eigenvalue weighted by Crippen LogP contribution is 2.27. The van der Waals surface area contributed by atoms with Gasteiger partial charge in [-0.2, -0.15) is 0 Å². The van der Waals surface area contributed by atoms with Crippen molar-refractivity contribution < 1.29 is 4.74 Å². The highest BCUT2D eigenvalue weighted by Gasteiger charge is 2.18. The summed E-state index contributed by atoms with van der Waals surface area (Å²) in [4.78, 5) is 4.36. The molecule has 0 amide bonds. The fraction of sp³-hybridized carbons (Fsp3) is 0.583. The minimum atomic E-state index is -0.0262. The van der Waals surface area contributed by atoms with Gasteiger partial charge in [0.2, 0.25) is 0 Å². The molecule has 2 heterocycles. The zero-order chi connectivity index (χ0) is 12.3. The first-order valence-corrected chi connectivity index (χ1v) is 7.43. The van der Waals surface area contributed by atoms with Crippen molar-refractivity contribution in [1.82, 2.24) is 4.98 Å². The van der Waals surface area contributed by atoms with Crippen LogP contribution in [0.1, 0.15) is 37.4 Å². The monoisotopic (exact) mass is 362 g/mol. The van der Waals surface area contributed by atoms with Crippen molar-refractivity contribution in [2.45, 2.75) is 37.8 Å². The smallest absolute Gasteiger partial charge is 0.0713 e. The zero-order valence-corrected chi connectivity index (χ0v) is 12.7. The molecule has 1 aliphatic heterocycles. The SMILES string of the molecule is NC(CCC1CCCO1)c1ncc(Br)cc1Br. The highest BCUT2D eigenvalue weighted by atomic mass is 79.9. The number of nitrogens with two attached hydrogens (primary N) is 1. The maximum atomic E-state index is 6.16. The van der Waals surface area contributed by atoms with Gasteiger partial charge in [-0.1, -0.05) is 0 Å². The van der Waals surface area contributed by atoms with Crippen molar-refractivity contribution in [3.05, 3.63) is 26.9 Å². The van der Waals surface area contributed by atoms with E-state index in [4.69, 9.17) is 10.5 Å². The molecule has 1 aliphatic rings. The van der Waals surface area contributed by atoms with Gasteiger partial charge in [0, 0.05) is 27.8 Å². The maximum Gasteiger partial charge on any atom is 0.0713 e. The molecule has 0 aromatic carbocycles. The van der Waals surface area contributed by atoms with Gasteiger partial charge in [-0.3, -0.25) is 4.98 Å². The minimum Gasteiger partial charge on any atom is -0.378 e. The summed E-state index contributed by atoms with van der Waals surface area (Å²) in [6, 6.07) is 1.95. The number of ether oxygens (including phenoxy) is 1. The molecule has 2 rings (SSSR count). The van der Waals surface area contributed by atoms with Crippen molar-refractivity contribution in [3.63, 3.8) is 0 Å². The molecule has 1 aromatic heterocycles. The van der Waals surface area contributed by atoms with E-state index < -0.39 is 0 Å². The van der Waals surface area contributed by atoms with Crippen LogP contribution in [0, 0.1) is 0 Å². The predicted molar refractivity (Wildman–Crippen MR) is 74.8 cm³/mol. The molecule has 3 nitrogen and oxygen atoms in total. The van der Waals surface area contributed by atoms with Gasteiger partial charge in [0.05, 0.1) is 11.8 Å². The van der Waals surface area contributed by atoms with Crippen LogP contribution in [0.5, 0.6) is 0 Å². The van der Waals surface area contributed by atoms with E-state index in [-0.39, 0.29) is 6.04 Å². The molecule has 2 unspecified atom stereocenters. The van der Waals surface area contributed by atoms with Gasteiger partial charge < -0.3 is 10.5 Å². The number of aromatic nitrogens is 1. The van der Waals surface area contributed by atoms with E-state index in [2.05, 4.69) is 36.8 Å². The Morgan fingerprint density at radius 1 is 1.53 bits per heavy atom. The Morgan fingerprint density at radius 2 is 2.35 bits per heavy atom. The minimum absolute atomic E-state index is 0.0262. The fourth-order valence-electron chi connectivity index (χ4n) is 2.07. The molecule has 1 fully saturated rings. The van der Waals surface area contributed by atoms with Gasteiger partial charge in [-0.15, -0.1) is 0 Å². The molecule has 1 saturated heterocycles. The molecule has 0 radical (unpaired) electrons. The van der Waals surface area contributed by atoms with Gasteiger partial charge in [-0.25, -0.2) is 0 Å². The van der Waals surface area contributed by atoms with Gasteiger partial charge in [0.25, 0.3) is 0 Å². The summed E-state index contributed by atoms with van der Waals surface area (Å²) in [6.45, 7) is 0.903. The zero-order valence-electron chi connectivity index (χ0n) is 9.53. The lowest BCUT2D eigenvalue weighted by molar-refractivity contribution is 0.101.